The van der Waals surface area contributed by atoms with Gasteiger partial charge >= 0.3 is 11.9 Å². The lowest BCUT2D eigenvalue weighted by molar-refractivity contribution is -0.384. The number of carbonyl (C=O) groups excluding carboxylic acids is 2. The SMILES string of the molecule is O=C(/C=C/c1ccc([N+](=O)[O-])cc1)Oc1c(Br)cc(Br)cc1/C=C1\N=C(c2ccccc2)OC1=O. The first-order valence-corrected chi connectivity index (χ1v) is 11.6. The molecule has 0 saturated heterocycles. The number of hydrogen-bond donors (Lipinski definition) is 0. The molecule has 0 amide bonds. The molecule has 0 aromatic heterocycles. The van der Waals surface area contributed by atoms with E-state index in [1.807, 2.05) is 6.07 Å². The predicted octanol–water partition coefficient (Wildman–Crippen LogP) is 6.08. The lowest BCUT2D eigenvalue weighted by Crippen LogP contribution is -2.06. The van der Waals surface area contributed by atoms with Gasteiger partial charge in [-0.2, -0.15) is 0 Å². The summed E-state index contributed by atoms with van der Waals surface area (Å²) in [6, 6.07) is 18.1. The fraction of sp³-hybridized carbons (Fsp3) is 0. The molecule has 1 aliphatic heterocycles. The van der Waals surface area contributed by atoms with Gasteiger partial charge in [-0.1, -0.05) is 34.1 Å². The molecule has 0 bridgehead atoms. The van der Waals surface area contributed by atoms with E-state index in [0.717, 1.165) is 0 Å². The number of carbonyl (C=O) groups is 2. The van der Waals surface area contributed by atoms with Crippen LogP contribution < -0.4 is 4.74 Å². The van der Waals surface area contributed by atoms with Crippen LogP contribution >= 0.6 is 31.9 Å². The van der Waals surface area contributed by atoms with Crippen LogP contribution in [0.1, 0.15) is 16.7 Å². The second-order valence-corrected chi connectivity index (χ2v) is 8.88. The molecule has 0 saturated carbocycles. The van der Waals surface area contributed by atoms with Crippen molar-refractivity contribution in [3.63, 3.8) is 0 Å². The fourth-order valence-corrected chi connectivity index (χ4v) is 4.40. The van der Waals surface area contributed by atoms with E-state index in [-0.39, 0.29) is 23.0 Å². The number of hydrogen-bond acceptors (Lipinski definition) is 7. The van der Waals surface area contributed by atoms with Crippen LogP contribution in [-0.2, 0) is 14.3 Å². The van der Waals surface area contributed by atoms with Gasteiger partial charge in [-0.15, -0.1) is 0 Å². The number of esters is 2. The zero-order valence-electron chi connectivity index (χ0n) is 17.7. The summed E-state index contributed by atoms with van der Waals surface area (Å²) in [5.41, 5.74) is 1.65. The largest absolute Gasteiger partial charge is 0.422 e. The van der Waals surface area contributed by atoms with Gasteiger partial charge in [0.1, 0.15) is 0 Å². The van der Waals surface area contributed by atoms with Crippen molar-refractivity contribution in [2.24, 2.45) is 4.99 Å². The summed E-state index contributed by atoms with van der Waals surface area (Å²) in [5.74, 6) is -0.959. The third kappa shape index (κ3) is 5.97. The van der Waals surface area contributed by atoms with Crippen LogP contribution in [0, 0.1) is 10.1 Å². The standard InChI is InChI=1S/C25H14Br2N2O6/c26-18-12-17(13-21-25(31)35-24(28-21)16-4-2-1-3-5-16)23(20(27)14-18)34-22(30)11-8-15-6-9-19(10-7-15)29(32)33/h1-14H/b11-8+,21-13-. The number of nitrogens with zero attached hydrogens (tertiary/aromatic N) is 2. The van der Waals surface area contributed by atoms with Crippen molar-refractivity contribution in [2.75, 3.05) is 0 Å². The number of benzene rings is 3. The average Bonchev–Trinajstić information content (AvgIpc) is 3.21. The number of ether oxygens (including phenoxy) is 2. The van der Waals surface area contributed by atoms with E-state index in [4.69, 9.17) is 9.47 Å². The topological polar surface area (TPSA) is 108 Å². The van der Waals surface area contributed by atoms with Gasteiger partial charge in [0.25, 0.3) is 5.69 Å². The summed E-state index contributed by atoms with van der Waals surface area (Å²) in [7, 11) is 0. The minimum Gasteiger partial charge on any atom is -0.422 e. The van der Waals surface area contributed by atoms with Crippen LogP contribution in [0.15, 0.2) is 92.4 Å². The van der Waals surface area contributed by atoms with E-state index in [2.05, 4.69) is 36.9 Å². The zero-order chi connectivity index (χ0) is 24.9. The quantitative estimate of drug-likeness (QED) is 0.112. The molecule has 0 N–H and O–H groups in total. The van der Waals surface area contributed by atoms with Gasteiger partial charge in [0.05, 0.1) is 9.40 Å². The van der Waals surface area contributed by atoms with E-state index in [9.17, 15) is 19.7 Å². The fourth-order valence-electron chi connectivity index (χ4n) is 3.06. The van der Waals surface area contributed by atoms with Gasteiger partial charge in [-0.05, 0) is 70.0 Å². The Kier molecular flexibility index (Phi) is 7.33. The second-order valence-electron chi connectivity index (χ2n) is 7.11. The van der Waals surface area contributed by atoms with E-state index in [0.29, 0.717) is 25.6 Å². The van der Waals surface area contributed by atoms with Crippen molar-refractivity contribution in [1.29, 1.82) is 0 Å². The highest BCUT2D eigenvalue weighted by Gasteiger charge is 2.25. The molecule has 1 aliphatic rings. The van der Waals surface area contributed by atoms with Gasteiger partial charge < -0.3 is 9.47 Å². The number of nitro groups is 1. The molecule has 35 heavy (non-hydrogen) atoms. The first kappa shape index (κ1) is 24.2. The van der Waals surface area contributed by atoms with Gasteiger partial charge in [0.2, 0.25) is 5.90 Å². The lowest BCUT2D eigenvalue weighted by atomic mass is 10.1. The maximum absolute atomic E-state index is 12.5. The summed E-state index contributed by atoms with van der Waals surface area (Å²) in [4.78, 5) is 39.4. The normalized spacial score (nSPS) is 14.2. The lowest BCUT2D eigenvalue weighted by Gasteiger charge is -2.09. The summed E-state index contributed by atoms with van der Waals surface area (Å²) in [6.45, 7) is 0. The number of rotatable bonds is 6. The van der Waals surface area contributed by atoms with Crippen LogP contribution in [0.2, 0.25) is 0 Å². The Hall–Kier alpha value is -3.89. The molecule has 3 aromatic carbocycles. The third-order valence-corrected chi connectivity index (χ3v) is 5.74. The number of halogens is 2. The van der Waals surface area contributed by atoms with Crippen molar-refractivity contribution in [3.8, 4) is 5.75 Å². The van der Waals surface area contributed by atoms with Gasteiger partial charge in [-0.25, -0.2) is 14.6 Å². The van der Waals surface area contributed by atoms with Crippen LogP contribution in [0.25, 0.3) is 12.2 Å². The highest BCUT2D eigenvalue weighted by molar-refractivity contribution is 9.11. The Balaban J connectivity index is 1.59. The number of non-ortho nitro benzene ring substituents is 1. The first-order chi connectivity index (χ1) is 16.8. The highest BCUT2D eigenvalue weighted by Crippen LogP contribution is 2.35. The van der Waals surface area contributed by atoms with Crippen molar-refractivity contribution >= 4 is 67.5 Å². The predicted molar refractivity (Wildman–Crippen MR) is 137 cm³/mol. The highest BCUT2D eigenvalue weighted by atomic mass is 79.9. The minimum atomic E-state index is -0.687. The van der Waals surface area contributed by atoms with Crippen LogP contribution in [0.5, 0.6) is 5.75 Å². The van der Waals surface area contributed by atoms with Crippen molar-refractivity contribution in [2.45, 2.75) is 0 Å². The molecule has 0 radical (unpaired) electrons. The molecule has 3 aromatic rings. The Morgan fingerprint density at radius 2 is 1.77 bits per heavy atom. The zero-order valence-corrected chi connectivity index (χ0v) is 20.9. The van der Waals surface area contributed by atoms with Gasteiger partial charge in [0, 0.05) is 33.8 Å². The smallest absolute Gasteiger partial charge is 0.363 e. The number of nitro benzene ring substituents is 1. The van der Waals surface area contributed by atoms with Crippen LogP contribution in [0.3, 0.4) is 0 Å². The van der Waals surface area contributed by atoms with E-state index in [1.165, 1.54) is 42.5 Å². The van der Waals surface area contributed by atoms with Crippen LogP contribution in [0.4, 0.5) is 5.69 Å². The second kappa shape index (κ2) is 10.6. The summed E-state index contributed by atoms with van der Waals surface area (Å²) in [6.07, 6.45) is 4.14. The Morgan fingerprint density at radius 3 is 2.46 bits per heavy atom. The summed E-state index contributed by atoms with van der Waals surface area (Å²) < 4.78 is 12.0. The minimum absolute atomic E-state index is 0.0487. The van der Waals surface area contributed by atoms with Crippen LogP contribution in [-0.4, -0.2) is 22.8 Å². The maximum atomic E-state index is 12.5. The third-order valence-electron chi connectivity index (χ3n) is 4.69. The number of aliphatic imine (C=N–C) groups is 1. The molecule has 1 heterocycles. The summed E-state index contributed by atoms with van der Waals surface area (Å²) in [5, 5.41) is 10.8. The molecule has 4 rings (SSSR count). The molecule has 0 atom stereocenters. The monoisotopic (exact) mass is 596 g/mol. The van der Waals surface area contributed by atoms with Crippen molar-refractivity contribution < 1.29 is 24.0 Å². The van der Waals surface area contributed by atoms with Crippen molar-refractivity contribution in [3.05, 3.63) is 114 Å². The van der Waals surface area contributed by atoms with Gasteiger partial charge in [0.15, 0.2) is 11.4 Å². The molecule has 0 fully saturated rings. The Morgan fingerprint density at radius 1 is 1.06 bits per heavy atom. The molecule has 10 heteroatoms. The molecule has 0 unspecified atom stereocenters. The Bertz CT molecular complexity index is 1410. The first-order valence-electron chi connectivity index (χ1n) is 10.0. The molecule has 0 aliphatic carbocycles. The Labute approximate surface area is 216 Å². The molecule has 0 spiro atoms. The van der Waals surface area contributed by atoms with E-state index in [1.54, 1.807) is 36.4 Å². The maximum Gasteiger partial charge on any atom is 0.363 e. The molecule has 8 nitrogen and oxygen atoms in total. The molecule has 174 valence electrons. The van der Waals surface area contributed by atoms with Gasteiger partial charge in [-0.3, -0.25) is 10.1 Å². The molecular formula is C25H14Br2N2O6. The van der Waals surface area contributed by atoms with Crippen molar-refractivity contribution in [1.82, 2.24) is 0 Å². The summed E-state index contributed by atoms with van der Waals surface area (Å²) >= 11 is 6.77. The average molecular weight is 598 g/mol. The van der Waals surface area contributed by atoms with E-state index < -0.39 is 16.9 Å². The molecular weight excluding hydrogens is 584 g/mol. The van der Waals surface area contributed by atoms with E-state index >= 15 is 0 Å². The number of cyclic esters (lactones) is 1.